The molecule has 32 heavy (non-hydrogen) atoms. The Kier molecular flexibility index (Phi) is 7.68. The van der Waals surface area contributed by atoms with Gasteiger partial charge in [0.1, 0.15) is 5.75 Å². The molecule has 1 aliphatic carbocycles. The van der Waals surface area contributed by atoms with Gasteiger partial charge >= 0.3 is 0 Å². The Morgan fingerprint density at radius 1 is 1.16 bits per heavy atom. The first-order chi connectivity index (χ1) is 15.6. The number of aryl methyl sites for hydroxylation is 1. The highest BCUT2D eigenvalue weighted by molar-refractivity contribution is 5.96. The Balaban J connectivity index is 1.38. The van der Waals surface area contributed by atoms with E-state index in [1.807, 2.05) is 30.0 Å². The minimum atomic E-state index is 0.0528. The van der Waals surface area contributed by atoms with Crippen molar-refractivity contribution in [3.63, 3.8) is 0 Å². The molecule has 0 aromatic heterocycles. The average Bonchev–Trinajstić information content (AvgIpc) is 3.25. The summed E-state index contributed by atoms with van der Waals surface area (Å²) >= 11 is 0. The first-order valence-electron chi connectivity index (χ1n) is 12.1. The van der Waals surface area contributed by atoms with Crippen LogP contribution in [0.1, 0.15) is 48.0 Å². The second kappa shape index (κ2) is 10.7. The minimum Gasteiger partial charge on any atom is -0.497 e. The van der Waals surface area contributed by atoms with Crippen LogP contribution in [0.15, 0.2) is 18.2 Å². The molecule has 3 fully saturated rings. The van der Waals surface area contributed by atoms with E-state index in [9.17, 15) is 9.59 Å². The Morgan fingerprint density at radius 2 is 1.94 bits per heavy atom. The lowest BCUT2D eigenvalue weighted by Crippen LogP contribution is -2.48. The average molecular weight is 444 g/mol. The van der Waals surface area contributed by atoms with E-state index in [-0.39, 0.29) is 17.9 Å². The van der Waals surface area contributed by atoms with Crippen LogP contribution in [0.3, 0.4) is 0 Å². The van der Waals surface area contributed by atoms with Crippen molar-refractivity contribution in [2.24, 2.45) is 5.92 Å². The Labute approximate surface area is 191 Å². The number of nitrogens with zero attached hydrogens (tertiary/aromatic N) is 3. The molecule has 176 valence electrons. The zero-order valence-corrected chi connectivity index (χ0v) is 19.6. The Hall–Kier alpha value is -2.12. The van der Waals surface area contributed by atoms with E-state index in [4.69, 9.17) is 9.47 Å². The van der Waals surface area contributed by atoms with Crippen LogP contribution in [-0.4, -0.2) is 92.1 Å². The molecule has 4 rings (SSSR count). The third kappa shape index (κ3) is 5.26. The number of rotatable bonds is 8. The summed E-state index contributed by atoms with van der Waals surface area (Å²) in [6.45, 7) is 8.60. The van der Waals surface area contributed by atoms with Crippen LogP contribution in [0.5, 0.6) is 5.75 Å². The van der Waals surface area contributed by atoms with Gasteiger partial charge in [-0.1, -0.05) is 6.42 Å². The van der Waals surface area contributed by atoms with Crippen LogP contribution in [0, 0.1) is 12.8 Å². The number of morpholine rings is 1. The van der Waals surface area contributed by atoms with Gasteiger partial charge in [0.2, 0.25) is 5.91 Å². The van der Waals surface area contributed by atoms with Crippen molar-refractivity contribution in [1.29, 1.82) is 0 Å². The second-order valence-corrected chi connectivity index (χ2v) is 9.34. The number of ether oxygens (including phenoxy) is 2. The molecule has 0 radical (unpaired) electrons. The SMILES string of the molecule is COc1ccc(C(=O)N2CCC(N(CCCN3CCOCC3)C(=O)C3CCC3)C2)c(C)c1. The van der Waals surface area contributed by atoms with Gasteiger partial charge in [-0.2, -0.15) is 0 Å². The molecule has 0 bridgehead atoms. The number of likely N-dealkylation sites (tertiary alicyclic amines) is 1. The van der Waals surface area contributed by atoms with Crippen LogP contribution in [-0.2, 0) is 9.53 Å². The quantitative estimate of drug-likeness (QED) is 0.618. The molecule has 2 heterocycles. The van der Waals surface area contributed by atoms with Crippen LogP contribution < -0.4 is 4.74 Å². The summed E-state index contributed by atoms with van der Waals surface area (Å²) in [7, 11) is 1.63. The second-order valence-electron chi connectivity index (χ2n) is 9.34. The molecular formula is C25H37N3O4. The van der Waals surface area contributed by atoms with Crippen molar-refractivity contribution in [1.82, 2.24) is 14.7 Å². The van der Waals surface area contributed by atoms with Crippen molar-refractivity contribution in [3.8, 4) is 5.75 Å². The first-order valence-corrected chi connectivity index (χ1v) is 12.1. The van der Waals surface area contributed by atoms with Crippen LogP contribution in [0.25, 0.3) is 0 Å². The molecule has 0 N–H and O–H groups in total. The van der Waals surface area contributed by atoms with E-state index < -0.39 is 0 Å². The molecule has 0 spiro atoms. The third-order valence-corrected chi connectivity index (χ3v) is 7.27. The molecule has 1 aromatic rings. The predicted octanol–water partition coefficient (Wildman–Crippen LogP) is 2.57. The number of carbonyl (C=O) groups is 2. The molecule has 3 aliphatic rings. The first kappa shape index (κ1) is 23.1. The number of carbonyl (C=O) groups excluding carboxylic acids is 2. The highest BCUT2D eigenvalue weighted by Crippen LogP contribution is 2.31. The lowest BCUT2D eigenvalue weighted by molar-refractivity contribution is -0.140. The van der Waals surface area contributed by atoms with E-state index >= 15 is 0 Å². The fourth-order valence-electron chi connectivity index (χ4n) is 5.01. The van der Waals surface area contributed by atoms with Crippen molar-refractivity contribution >= 4 is 11.8 Å². The van der Waals surface area contributed by atoms with Gasteiger partial charge in [-0.15, -0.1) is 0 Å². The molecule has 7 nitrogen and oxygen atoms in total. The summed E-state index contributed by atoms with van der Waals surface area (Å²) in [5.74, 6) is 1.30. The molecule has 1 unspecified atom stereocenters. The topological polar surface area (TPSA) is 62.3 Å². The van der Waals surface area contributed by atoms with E-state index in [0.717, 1.165) is 88.4 Å². The largest absolute Gasteiger partial charge is 0.497 e. The zero-order chi connectivity index (χ0) is 22.5. The smallest absolute Gasteiger partial charge is 0.254 e. The molecule has 1 atom stereocenters. The number of methoxy groups -OCH3 is 1. The summed E-state index contributed by atoms with van der Waals surface area (Å²) in [4.78, 5) is 32.9. The van der Waals surface area contributed by atoms with Crippen LogP contribution in [0.2, 0.25) is 0 Å². The maximum atomic E-state index is 13.2. The highest BCUT2D eigenvalue weighted by atomic mass is 16.5. The summed E-state index contributed by atoms with van der Waals surface area (Å²) < 4.78 is 10.7. The van der Waals surface area contributed by atoms with Gasteiger partial charge in [-0.05, 0) is 56.4 Å². The van der Waals surface area contributed by atoms with Gasteiger partial charge in [-0.3, -0.25) is 14.5 Å². The maximum absolute atomic E-state index is 13.2. The Bertz CT molecular complexity index is 804. The number of hydrogen-bond donors (Lipinski definition) is 0. The fraction of sp³-hybridized carbons (Fsp3) is 0.680. The molecule has 1 aromatic carbocycles. The van der Waals surface area contributed by atoms with E-state index in [2.05, 4.69) is 9.80 Å². The van der Waals surface area contributed by atoms with E-state index in [1.54, 1.807) is 7.11 Å². The summed E-state index contributed by atoms with van der Waals surface area (Å²) in [5, 5.41) is 0. The minimum absolute atomic E-state index is 0.0528. The number of hydrogen-bond acceptors (Lipinski definition) is 5. The summed E-state index contributed by atoms with van der Waals surface area (Å²) in [6.07, 6.45) is 5.01. The van der Waals surface area contributed by atoms with Gasteiger partial charge in [0.15, 0.2) is 0 Å². The van der Waals surface area contributed by atoms with Gasteiger partial charge in [-0.25, -0.2) is 0 Å². The number of amides is 2. The van der Waals surface area contributed by atoms with Crippen LogP contribution >= 0.6 is 0 Å². The van der Waals surface area contributed by atoms with E-state index in [0.29, 0.717) is 19.0 Å². The number of benzene rings is 1. The molecule has 1 saturated carbocycles. The lowest BCUT2D eigenvalue weighted by Gasteiger charge is -2.36. The third-order valence-electron chi connectivity index (χ3n) is 7.27. The van der Waals surface area contributed by atoms with Gasteiger partial charge in [0.25, 0.3) is 5.91 Å². The summed E-state index contributed by atoms with van der Waals surface area (Å²) in [5.41, 5.74) is 1.64. The zero-order valence-electron chi connectivity index (χ0n) is 19.6. The summed E-state index contributed by atoms with van der Waals surface area (Å²) in [6, 6.07) is 5.71. The van der Waals surface area contributed by atoms with Crippen molar-refractivity contribution in [2.45, 2.75) is 45.1 Å². The fourth-order valence-corrected chi connectivity index (χ4v) is 5.01. The van der Waals surface area contributed by atoms with Gasteiger partial charge in [0.05, 0.1) is 26.4 Å². The molecule has 2 aliphatic heterocycles. The Morgan fingerprint density at radius 3 is 2.59 bits per heavy atom. The molecule has 2 amide bonds. The monoisotopic (exact) mass is 443 g/mol. The van der Waals surface area contributed by atoms with Crippen molar-refractivity contribution in [3.05, 3.63) is 29.3 Å². The molecule has 7 heteroatoms. The normalized spacial score (nSPS) is 21.9. The lowest BCUT2D eigenvalue weighted by atomic mass is 9.84. The predicted molar refractivity (Wildman–Crippen MR) is 123 cm³/mol. The molecule has 2 saturated heterocycles. The standard InChI is InChI=1S/C25H37N3O4/c1-19-17-22(31-2)7-8-23(19)25(30)27-12-9-21(18-27)28(24(29)20-5-3-6-20)11-4-10-26-13-15-32-16-14-26/h7-8,17,20-21H,3-6,9-16,18H2,1-2H3. The molecular weight excluding hydrogens is 406 g/mol. The van der Waals surface area contributed by atoms with Crippen molar-refractivity contribution < 1.29 is 19.1 Å². The maximum Gasteiger partial charge on any atom is 0.254 e. The van der Waals surface area contributed by atoms with Gasteiger partial charge < -0.3 is 19.3 Å². The van der Waals surface area contributed by atoms with Gasteiger partial charge in [0, 0.05) is 50.7 Å². The highest BCUT2D eigenvalue weighted by Gasteiger charge is 2.37. The van der Waals surface area contributed by atoms with Crippen molar-refractivity contribution in [2.75, 3.05) is 59.6 Å². The van der Waals surface area contributed by atoms with Crippen LogP contribution in [0.4, 0.5) is 0 Å². The van der Waals surface area contributed by atoms with E-state index in [1.165, 1.54) is 0 Å².